The van der Waals surface area contributed by atoms with Crippen LogP contribution >= 0.6 is 0 Å². The summed E-state index contributed by atoms with van der Waals surface area (Å²) < 4.78 is 4.90. The van der Waals surface area contributed by atoms with E-state index in [4.69, 9.17) is 10.5 Å². The van der Waals surface area contributed by atoms with Crippen molar-refractivity contribution in [2.24, 2.45) is 5.73 Å². The number of nitrogens with zero attached hydrogens (tertiary/aromatic N) is 1. The van der Waals surface area contributed by atoms with Gasteiger partial charge in [0.1, 0.15) is 12.4 Å². The van der Waals surface area contributed by atoms with E-state index in [0.717, 1.165) is 0 Å². The van der Waals surface area contributed by atoms with Gasteiger partial charge in [-0.1, -0.05) is 12.1 Å². The van der Waals surface area contributed by atoms with Crippen molar-refractivity contribution in [1.82, 2.24) is 0 Å². The third-order valence-corrected chi connectivity index (χ3v) is 2.36. The minimum atomic E-state index is -0.534. The first kappa shape index (κ1) is 14.8. The molecule has 0 aliphatic carbocycles. The number of carbonyl (C=O) groups excluding carboxylic acids is 2. The van der Waals surface area contributed by atoms with E-state index in [2.05, 4.69) is 0 Å². The average Bonchev–Trinajstić information content (AvgIpc) is 2.42. The summed E-state index contributed by atoms with van der Waals surface area (Å²) in [5.41, 5.74) is 5.56. The summed E-state index contributed by atoms with van der Waals surface area (Å²) in [6, 6.07) is 5.81. The van der Waals surface area contributed by atoms with Crippen LogP contribution in [0.3, 0.4) is 0 Å². The Labute approximate surface area is 109 Å². The molecule has 1 aromatic carbocycles. The van der Waals surface area contributed by atoms with Crippen LogP contribution in [-0.2, 0) is 20.9 Å². The van der Waals surface area contributed by atoms with Crippen molar-refractivity contribution in [3.8, 4) is 0 Å². The highest BCUT2D eigenvalue weighted by molar-refractivity contribution is 5.84. The van der Waals surface area contributed by atoms with Crippen molar-refractivity contribution in [1.29, 1.82) is 0 Å². The Kier molecular flexibility index (Phi) is 5.62. The molecular formula is C12H14N2O5. The number of rotatable bonds is 7. The van der Waals surface area contributed by atoms with Crippen LogP contribution in [0.15, 0.2) is 24.3 Å². The predicted molar refractivity (Wildman–Crippen MR) is 66.2 cm³/mol. The van der Waals surface area contributed by atoms with Gasteiger partial charge in [0.05, 0.1) is 17.9 Å². The number of ketones is 1. The van der Waals surface area contributed by atoms with E-state index < -0.39 is 10.9 Å². The number of non-ortho nitro benzene ring substituents is 1. The Balaban J connectivity index is 2.44. The van der Waals surface area contributed by atoms with E-state index in [1.165, 1.54) is 18.2 Å². The highest BCUT2D eigenvalue weighted by Gasteiger charge is 2.09. The number of hydrogen-bond donors (Lipinski definition) is 1. The summed E-state index contributed by atoms with van der Waals surface area (Å²) >= 11 is 0. The SMILES string of the molecule is NCC(=O)CCC(=O)OCc1cccc([N+](=O)[O-])c1. The number of benzene rings is 1. The van der Waals surface area contributed by atoms with E-state index in [9.17, 15) is 19.7 Å². The van der Waals surface area contributed by atoms with E-state index in [1.54, 1.807) is 6.07 Å². The molecule has 7 nitrogen and oxygen atoms in total. The number of carbonyl (C=O) groups is 2. The molecule has 0 aliphatic heterocycles. The van der Waals surface area contributed by atoms with Crippen LogP contribution in [-0.4, -0.2) is 23.2 Å². The highest BCUT2D eigenvalue weighted by Crippen LogP contribution is 2.14. The smallest absolute Gasteiger partial charge is 0.306 e. The molecule has 0 radical (unpaired) electrons. The summed E-state index contributed by atoms with van der Waals surface area (Å²) in [6.07, 6.45) is 0.00916. The van der Waals surface area contributed by atoms with Crippen molar-refractivity contribution < 1.29 is 19.2 Å². The maximum Gasteiger partial charge on any atom is 0.306 e. The van der Waals surface area contributed by atoms with E-state index in [-0.39, 0.29) is 37.5 Å². The summed E-state index contributed by atoms with van der Waals surface area (Å²) in [6.45, 7) is -0.157. The number of ether oxygens (including phenoxy) is 1. The van der Waals surface area contributed by atoms with Crippen molar-refractivity contribution in [2.75, 3.05) is 6.54 Å². The molecule has 0 atom stereocenters. The Hall–Kier alpha value is -2.28. The number of nitro benzene ring substituents is 1. The Morgan fingerprint density at radius 3 is 2.68 bits per heavy atom. The van der Waals surface area contributed by atoms with Crippen LogP contribution in [0.5, 0.6) is 0 Å². The summed E-state index contributed by atoms with van der Waals surface area (Å²) in [4.78, 5) is 32.2. The van der Waals surface area contributed by atoms with Gasteiger partial charge in [0.2, 0.25) is 0 Å². The van der Waals surface area contributed by atoms with Gasteiger partial charge in [0.25, 0.3) is 5.69 Å². The largest absolute Gasteiger partial charge is 0.461 e. The lowest BCUT2D eigenvalue weighted by atomic mass is 10.2. The zero-order valence-electron chi connectivity index (χ0n) is 10.2. The second kappa shape index (κ2) is 7.22. The lowest BCUT2D eigenvalue weighted by molar-refractivity contribution is -0.384. The second-order valence-electron chi connectivity index (χ2n) is 3.83. The molecule has 7 heteroatoms. The fraction of sp³-hybridized carbons (Fsp3) is 0.333. The number of esters is 1. The third kappa shape index (κ3) is 5.26. The monoisotopic (exact) mass is 266 g/mol. The van der Waals surface area contributed by atoms with Crippen molar-refractivity contribution in [3.63, 3.8) is 0 Å². The van der Waals surface area contributed by atoms with Crippen LogP contribution in [0.2, 0.25) is 0 Å². The molecule has 0 saturated heterocycles. The Morgan fingerprint density at radius 2 is 2.05 bits per heavy atom. The first-order chi connectivity index (χ1) is 9.02. The topological polar surface area (TPSA) is 113 Å². The van der Waals surface area contributed by atoms with Crippen LogP contribution in [0.25, 0.3) is 0 Å². The molecule has 0 aliphatic rings. The number of nitro groups is 1. The lowest BCUT2D eigenvalue weighted by Crippen LogP contribution is -2.15. The van der Waals surface area contributed by atoms with Crippen LogP contribution in [0.1, 0.15) is 18.4 Å². The summed E-state index contributed by atoms with van der Waals surface area (Å²) in [7, 11) is 0. The molecule has 0 amide bonds. The van der Waals surface area contributed by atoms with Gasteiger partial charge in [-0.15, -0.1) is 0 Å². The zero-order chi connectivity index (χ0) is 14.3. The Bertz CT molecular complexity index is 487. The molecule has 102 valence electrons. The maximum absolute atomic E-state index is 11.3. The standard InChI is InChI=1S/C12H14N2O5/c13-7-11(15)4-5-12(16)19-8-9-2-1-3-10(6-9)14(17)18/h1-3,6H,4-5,7-8,13H2. The molecule has 0 spiro atoms. The Morgan fingerprint density at radius 1 is 1.32 bits per heavy atom. The normalized spacial score (nSPS) is 9.95. The molecule has 19 heavy (non-hydrogen) atoms. The first-order valence-corrected chi connectivity index (χ1v) is 5.63. The number of hydrogen-bond acceptors (Lipinski definition) is 6. The minimum Gasteiger partial charge on any atom is -0.461 e. The summed E-state index contributed by atoms with van der Waals surface area (Å²) in [5.74, 6) is -0.749. The van der Waals surface area contributed by atoms with Gasteiger partial charge in [0.15, 0.2) is 0 Å². The predicted octanol–water partition coefficient (Wildman–Crippen LogP) is 0.946. The quantitative estimate of drug-likeness (QED) is 0.446. The number of nitrogens with two attached hydrogens (primary N) is 1. The van der Waals surface area contributed by atoms with Gasteiger partial charge in [-0.3, -0.25) is 19.7 Å². The van der Waals surface area contributed by atoms with Gasteiger partial charge in [-0.2, -0.15) is 0 Å². The fourth-order valence-corrected chi connectivity index (χ4v) is 1.34. The average molecular weight is 266 g/mol. The fourth-order valence-electron chi connectivity index (χ4n) is 1.34. The van der Waals surface area contributed by atoms with Gasteiger partial charge >= 0.3 is 5.97 Å². The van der Waals surface area contributed by atoms with Gasteiger partial charge in [0, 0.05) is 18.6 Å². The first-order valence-electron chi connectivity index (χ1n) is 5.63. The van der Waals surface area contributed by atoms with E-state index in [0.29, 0.717) is 5.56 Å². The molecule has 0 aromatic heterocycles. The zero-order valence-corrected chi connectivity index (χ0v) is 10.2. The van der Waals surface area contributed by atoms with Crippen molar-refractivity contribution >= 4 is 17.4 Å². The third-order valence-electron chi connectivity index (χ3n) is 2.36. The minimum absolute atomic E-state index is 0.0367. The van der Waals surface area contributed by atoms with Gasteiger partial charge in [-0.05, 0) is 5.56 Å². The number of Topliss-reactive ketones (excluding diaryl/α,β-unsaturated/α-hetero) is 1. The molecular weight excluding hydrogens is 252 g/mol. The molecule has 1 aromatic rings. The van der Waals surface area contributed by atoms with Gasteiger partial charge in [-0.25, -0.2) is 0 Å². The lowest BCUT2D eigenvalue weighted by Gasteiger charge is -2.04. The highest BCUT2D eigenvalue weighted by atomic mass is 16.6. The second-order valence-corrected chi connectivity index (χ2v) is 3.83. The van der Waals surface area contributed by atoms with Gasteiger partial charge < -0.3 is 10.5 Å². The van der Waals surface area contributed by atoms with E-state index >= 15 is 0 Å². The van der Waals surface area contributed by atoms with Crippen molar-refractivity contribution in [2.45, 2.75) is 19.4 Å². The molecule has 1 rings (SSSR count). The van der Waals surface area contributed by atoms with Crippen molar-refractivity contribution in [3.05, 3.63) is 39.9 Å². The van der Waals surface area contributed by atoms with Crippen LogP contribution in [0.4, 0.5) is 5.69 Å². The van der Waals surface area contributed by atoms with Crippen LogP contribution < -0.4 is 5.73 Å². The molecule has 2 N–H and O–H groups in total. The summed E-state index contributed by atoms with van der Waals surface area (Å²) in [5, 5.41) is 10.6. The molecule has 0 bridgehead atoms. The molecule has 0 fully saturated rings. The molecule has 0 saturated carbocycles. The van der Waals surface area contributed by atoms with Crippen LogP contribution in [0, 0.1) is 10.1 Å². The van der Waals surface area contributed by atoms with E-state index in [1.807, 2.05) is 0 Å². The maximum atomic E-state index is 11.3. The molecule has 0 heterocycles. The molecule has 0 unspecified atom stereocenters.